The highest BCUT2D eigenvalue weighted by atomic mass is 19.3. The molecule has 2 atom stereocenters. The van der Waals surface area contributed by atoms with Crippen LogP contribution in [-0.4, -0.2) is 47.8 Å². The van der Waals surface area contributed by atoms with E-state index in [2.05, 4.69) is 37.2 Å². The fourth-order valence-corrected chi connectivity index (χ4v) is 2.09. The van der Waals surface area contributed by atoms with E-state index in [1.807, 2.05) is 0 Å². The fourth-order valence-electron chi connectivity index (χ4n) is 2.09. The Kier molecular flexibility index (Phi) is 5.19. The number of alkyl halides is 2. The zero-order chi connectivity index (χ0) is 18.5. The number of nitrogens with zero attached hydrogens (tertiary/aromatic N) is 6. The minimum Gasteiger partial charge on any atom is -0.384 e. The first-order valence-corrected chi connectivity index (χ1v) is 7.33. The van der Waals surface area contributed by atoms with Crippen LogP contribution in [0.3, 0.4) is 0 Å². The normalized spacial score (nSPS) is 13.1. The third-order valence-corrected chi connectivity index (χ3v) is 3.35. The average Bonchev–Trinajstić information content (AvgIpc) is 3.16. The van der Waals surface area contributed by atoms with Gasteiger partial charge in [-0.15, -0.1) is 10.2 Å². The summed E-state index contributed by atoms with van der Waals surface area (Å²) in [5.74, 6) is 5.13. The number of halogens is 3. The van der Waals surface area contributed by atoms with Crippen LogP contribution in [0.5, 0.6) is 0 Å². The predicted octanol–water partition coefficient (Wildman–Crippen LogP) is 1.22. The van der Waals surface area contributed by atoms with Crippen molar-refractivity contribution in [2.75, 3.05) is 0 Å². The number of hydrogen-bond donors (Lipinski definition) is 1. The molecule has 0 amide bonds. The summed E-state index contributed by atoms with van der Waals surface area (Å²) in [6.45, 7) is 0. The van der Waals surface area contributed by atoms with Crippen LogP contribution < -0.4 is 0 Å². The lowest BCUT2D eigenvalue weighted by molar-refractivity contribution is -0.0319. The van der Waals surface area contributed by atoms with Crippen LogP contribution in [0, 0.1) is 17.7 Å². The van der Waals surface area contributed by atoms with Crippen molar-refractivity contribution in [3.05, 3.63) is 65.8 Å². The van der Waals surface area contributed by atoms with Gasteiger partial charge < -0.3 is 5.11 Å². The lowest BCUT2D eigenvalue weighted by atomic mass is 10.1. The van der Waals surface area contributed by atoms with Crippen molar-refractivity contribution in [3.63, 3.8) is 0 Å². The van der Waals surface area contributed by atoms with Crippen LogP contribution in [0.25, 0.3) is 0 Å². The minimum atomic E-state index is -3.04. The highest BCUT2D eigenvalue weighted by molar-refractivity contribution is 5.39. The van der Waals surface area contributed by atoms with Crippen molar-refractivity contribution in [1.82, 2.24) is 30.2 Å². The van der Waals surface area contributed by atoms with E-state index in [0.717, 1.165) is 11.1 Å². The van der Waals surface area contributed by atoms with Gasteiger partial charge in [0.25, 0.3) is 6.43 Å². The molecule has 2 aromatic heterocycles. The highest BCUT2D eigenvalue weighted by Crippen LogP contribution is 2.22. The van der Waals surface area contributed by atoms with Gasteiger partial charge in [0.15, 0.2) is 6.33 Å². The second-order valence-corrected chi connectivity index (χ2v) is 5.11. The molecule has 1 N–H and O–H groups in total. The monoisotopic (exact) mass is 360 g/mol. The molecule has 3 aromatic rings. The summed E-state index contributed by atoms with van der Waals surface area (Å²) in [7, 11) is 0. The second-order valence-electron chi connectivity index (χ2n) is 5.11. The van der Waals surface area contributed by atoms with Crippen LogP contribution >= 0.6 is 0 Å². The number of rotatable bonds is 4. The highest BCUT2D eigenvalue weighted by Gasteiger charge is 2.33. The summed E-state index contributed by atoms with van der Waals surface area (Å²) in [5.41, 5.74) is 0.883. The molecule has 0 saturated carbocycles. The Morgan fingerprint density at radius 2 is 1.81 bits per heavy atom. The van der Waals surface area contributed by atoms with Gasteiger partial charge in [-0.1, -0.05) is 5.92 Å². The van der Waals surface area contributed by atoms with Crippen LogP contribution in [0.4, 0.5) is 13.2 Å². The fraction of sp³-hybridized carbons (Fsp3) is 0.188. The molecule has 0 fully saturated rings. The van der Waals surface area contributed by atoms with Gasteiger partial charge in [0.2, 0.25) is 0 Å². The summed E-state index contributed by atoms with van der Waals surface area (Å²) in [4.78, 5) is 8.88. The lowest BCUT2D eigenvalue weighted by Gasteiger charge is -2.20. The first kappa shape index (κ1) is 17.5. The van der Waals surface area contributed by atoms with Crippen molar-refractivity contribution in [2.45, 2.75) is 18.6 Å². The molecule has 0 aliphatic rings. The first-order chi connectivity index (χ1) is 12.5. The van der Waals surface area contributed by atoms with Gasteiger partial charge in [0, 0.05) is 5.56 Å². The average molecular weight is 360 g/mol. The van der Waals surface area contributed by atoms with Crippen LogP contribution in [0.2, 0.25) is 0 Å². The van der Waals surface area contributed by atoms with Crippen molar-refractivity contribution >= 4 is 0 Å². The maximum Gasteiger partial charge on any atom is 0.266 e. The molecule has 0 radical (unpaired) electrons. The molecule has 0 saturated heterocycles. The van der Waals surface area contributed by atoms with Gasteiger partial charge in [-0.2, -0.15) is 4.80 Å². The minimum absolute atomic E-state index is 0.0307. The van der Waals surface area contributed by atoms with Crippen molar-refractivity contribution in [1.29, 1.82) is 0 Å². The molecule has 0 aliphatic heterocycles. The van der Waals surface area contributed by atoms with E-state index in [-0.39, 0.29) is 17.2 Å². The Balaban J connectivity index is 1.84. The van der Waals surface area contributed by atoms with Gasteiger partial charge in [-0.05, 0) is 35.4 Å². The van der Waals surface area contributed by atoms with E-state index in [0.29, 0.717) is 5.56 Å². The molecule has 7 nitrogen and oxygen atoms in total. The Morgan fingerprint density at radius 1 is 1.04 bits per heavy atom. The molecule has 3 rings (SSSR count). The van der Waals surface area contributed by atoms with Crippen molar-refractivity contribution in [3.8, 4) is 11.8 Å². The zero-order valence-corrected chi connectivity index (χ0v) is 13.0. The zero-order valence-electron chi connectivity index (χ0n) is 13.0. The molecule has 2 unspecified atom stereocenters. The smallest absolute Gasteiger partial charge is 0.266 e. The summed E-state index contributed by atoms with van der Waals surface area (Å²) in [6, 6.07) is 4.23. The van der Waals surface area contributed by atoms with Gasteiger partial charge in [-0.3, -0.25) is 4.98 Å². The maximum atomic E-state index is 12.9. The lowest BCUT2D eigenvalue weighted by Crippen LogP contribution is -2.33. The number of aliphatic hydroxyl groups is 1. The quantitative estimate of drug-likeness (QED) is 0.704. The molecule has 0 aliphatic carbocycles. The number of hydrogen-bond acceptors (Lipinski definition) is 6. The third kappa shape index (κ3) is 4.01. The van der Waals surface area contributed by atoms with Gasteiger partial charge in [0.1, 0.15) is 23.7 Å². The molecule has 0 spiro atoms. The number of tetrazole rings is 1. The van der Waals surface area contributed by atoms with Crippen molar-refractivity contribution < 1.29 is 18.3 Å². The predicted molar refractivity (Wildman–Crippen MR) is 82.4 cm³/mol. The standard InChI is InChI=1S/C16H11F3N6O/c17-11-4-1-10(2-5-11)3-6-12-7-21-13(8-20-12)14(15(26)16(18)19)25-23-9-22-24-25/h1-2,4-5,7-9,14-16,26H. The Hall–Kier alpha value is -3.32. The van der Waals surface area contributed by atoms with Crippen LogP contribution in [-0.2, 0) is 0 Å². The van der Waals surface area contributed by atoms with E-state index in [1.165, 1.54) is 36.7 Å². The summed E-state index contributed by atoms with van der Waals surface area (Å²) >= 11 is 0. The first-order valence-electron chi connectivity index (χ1n) is 7.33. The van der Waals surface area contributed by atoms with Crippen LogP contribution in [0.1, 0.15) is 23.0 Å². The van der Waals surface area contributed by atoms with Crippen molar-refractivity contribution in [2.24, 2.45) is 0 Å². The molecule has 132 valence electrons. The Bertz CT molecular complexity index is 904. The second kappa shape index (κ2) is 7.71. The molecule has 10 heteroatoms. The largest absolute Gasteiger partial charge is 0.384 e. The molecular formula is C16H11F3N6O. The van der Waals surface area contributed by atoms with E-state index in [9.17, 15) is 18.3 Å². The molecule has 2 heterocycles. The Labute approximate surface area is 145 Å². The topological polar surface area (TPSA) is 89.6 Å². The molecule has 0 bridgehead atoms. The van der Waals surface area contributed by atoms with Gasteiger partial charge in [0.05, 0.1) is 18.1 Å². The van der Waals surface area contributed by atoms with E-state index < -0.39 is 18.6 Å². The third-order valence-electron chi connectivity index (χ3n) is 3.35. The number of aliphatic hydroxyl groups excluding tert-OH is 1. The molecule has 1 aromatic carbocycles. The number of aromatic nitrogens is 6. The van der Waals surface area contributed by atoms with E-state index in [1.54, 1.807) is 0 Å². The maximum absolute atomic E-state index is 12.9. The summed E-state index contributed by atoms with van der Waals surface area (Å²) in [5, 5.41) is 20.4. The number of benzene rings is 1. The molecule has 26 heavy (non-hydrogen) atoms. The SMILES string of the molecule is OC(C(F)F)C(c1cnc(C#Cc2ccc(F)cc2)cn1)n1ncnn1. The van der Waals surface area contributed by atoms with Gasteiger partial charge >= 0.3 is 0 Å². The van der Waals surface area contributed by atoms with Gasteiger partial charge in [-0.25, -0.2) is 18.2 Å². The summed E-state index contributed by atoms with van der Waals surface area (Å²) in [6.07, 6.45) is -1.59. The Morgan fingerprint density at radius 3 is 2.38 bits per heavy atom. The molecular weight excluding hydrogens is 349 g/mol. The van der Waals surface area contributed by atoms with Crippen LogP contribution in [0.15, 0.2) is 43.0 Å². The van der Waals surface area contributed by atoms with E-state index in [4.69, 9.17) is 0 Å². The summed E-state index contributed by atoms with van der Waals surface area (Å²) < 4.78 is 38.7. The van der Waals surface area contributed by atoms with E-state index >= 15 is 0 Å².